The molecule has 1 heterocycles. The third kappa shape index (κ3) is 1.67. The highest BCUT2D eigenvalue weighted by Crippen LogP contribution is 2.19. The molecule has 2 nitrogen and oxygen atoms in total. The quantitative estimate of drug-likeness (QED) is 0.641. The Morgan fingerprint density at radius 1 is 1.55 bits per heavy atom. The molecule has 1 rings (SSSR count). The van der Waals surface area contributed by atoms with Crippen LogP contribution in [0.3, 0.4) is 0 Å². The lowest BCUT2D eigenvalue weighted by Gasteiger charge is -1.96. The van der Waals surface area contributed by atoms with Crippen LogP contribution in [0.2, 0.25) is 5.02 Å². The number of rotatable bonds is 1. The van der Waals surface area contributed by atoms with E-state index in [-0.39, 0.29) is 10.6 Å². The SMILES string of the molecule is O=C(Cl)c1cncc(F)c1Cl. The van der Waals surface area contributed by atoms with Crippen LogP contribution in [0.1, 0.15) is 10.4 Å². The van der Waals surface area contributed by atoms with E-state index in [2.05, 4.69) is 4.98 Å². The fourth-order valence-corrected chi connectivity index (χ4v) is 0.931. The molecular weight excluding hydrogens is 192 g/mol. The van der Waals surface area contributed by atoms with Crippen molar-refractivity contribution in [2.75, 3.05) is 0 Å². The van der Waals surface area contributed by atoms with Crippen LogP contribution in [0.15, 0.2) is 12.4 Å². The Morgan fingerprint density at radius 2 is 2.18 bits per heavy atom. The van der Waals surface area contributed by atoms with E-state index in [1.807, 2.05) is 0 Å². The minimum absolute atomic E-state index is 0.117. The van der Waals surface area contributed by atoms with E-state index in [4.69, 9.17) is 23.2 Å². The van der Waals surface area contributed by atoms with Crippen molar-refractivity contribution < 1.29 is 9.18 Å². The van der Waals surface area contributed by atoms with Crippen molar-refractivity contribution >= 4 is 28.4 Å². The summed E-state index contributed by atoms with van der Waals surface area (Å²) in [6.07, 6.45) is 2.02. The predicted molar refractivity (Wildman–Crippen MR) is 39.4 cm³/mol. The molecule has 58 valence electrons. The molecule has 0 aliphatic rings. The van der Waals surface area contributed by atoms with E-state index in [1.54, 1.807) is 0 Å². The van der Waals surface area contributed by atoms with Gasteiger partial charge in [0.2, 0.25) is 0 Å². The molecule has 1 aromatic heterocycles. The van der Waals surface area contributed by atoms with E-state index in [1.165, 1.54) is 0 Å². The molecule has 0 amide bonds. The molecule has 0 radical (unpaired) electrons. The van der Waals surface area contributed by atoms with Crippen LogP contribution >= 0.6 is 23.2 Å². The number of carbonyl (C=O) groups excluding carboxylic acids is 1. The minimum Gasteiger partial charge on any atom is -0.275 e. The van der Waals surface area contributed by atoms with Crippen molar-refractivity contribution in [3.8, 4) is 0 Å². The second-order valence-corrected chi connectivity index (χ2v) is 2.48. The molecule has 0 bridgehead atoms. The molecule has 0 spiro atoms. The summed E-state index contributed by atoms with van der Waals surface area (Å²) < 4.78 is 12.5. The highest BCUT2D eigenvalue weighted by Gasteiger charge is 2.11. The largest absolute Gasteiger partial charge is 0.275 e. The Balaban J connectivity index is 3.27. The number of nitrogens with zero attached hydrogens (tertiary/aromatic N) is 1. The molecule has 11 heavy (non-hydrogen) atoms. The van der Waals surface area contributed by atoms with Crippen LogP contribution < -0.4 is 0 Å². The molecule has 5 heteroatoms. The zero-order valence-corrected chi connectivity index (χ0v) is 6.66. The van der Waals surface area contributed by atoms with Crippen LogP contribution in [-0.4, -0.2) is 10.2 Å². The van der Waals surface area contributed by atoms with Crippen molar-refractivity contribution in [3.63, 3.8) is 0 Å². The molecule has 0 aromatic carbocycles. The van der Waals surface area contributed by atoms with Gasteiger partial charge in [-0.2, -0.15) is 0 Å². The van der Waals surface area contributed by atoms with Gasteiger partial charge in [-0.1, -0.05) is 11.6 Å². The van der Waals surface area contributed by atoms with Crippen molar-refractivity contribution in [3.05, 3.63) is 28.8 Å². The second kappa shape index (κ2) is 3.15. The third-order valence-corrected chi connectivity index (χ3v) is 1.64. The van der Waals surface area contributed by atoms with E-state index >= 15 is 0 Å². The Labute approximate surface area is 71.9 Å². The highest BCUT2D eigenvalue weighted by atomic mass is 35.5. The maximum Gasteiger partial charge on any atom is 0.255 e. The van der Waals surface area contributed by atoms with Gasteiger partial charge in [0.05, 0.1) is 16.8 Å². The summed E-state index contributed by atoms with van der Waals surface area (Å²) in [5.74, 6) is -0.752. The number of carbonyl (C=O) groups is 1. The maximum atomic E-state index is 12.5. The topological polar surface area (TPSA) is 30.0 Å². The average molecular weight is 194 g/mol. The van der Waals surface area contributed by atoms with Gasteiger partial charge in [0.1, 0.15) is 0 Å². The lowest BCUT2D eigenvalue weighted by molar-refractivity contribution is 0.108. The van der Waals surface area contributed by atoms with Gasteiger partial charge >= 0.3 is 0 Å². The number of hydrogen-bond acceptors (Lipinski definition) is 2. The summed E-state index contributed by atoms with van der Waals surface area (Å²) >= 11 is 10.4. The molecule has 0 fully saturated rings. The van der Waals surface area contributed by atoms with Crippen molar-refractivity contribution in [2.45, 2.75) is 0 Å². The third-order valence-electron chi connectivity index (χ3n) is 1.05. The zero-order valence-electron chi connectivity index (χ0n) is 5.14. The molecule has 0 saturated carbocycles. The first-order chi connectivity index (χ1) is 5.13. The van der Waals surface area contributed by atoms with Gasteiger partial charge in [-0.25, -0.2) is 4.39 Å². The number of halogens is 3. The lowest BCUT2D eigenvalue weighted by atomic mass is 10.3. The molecule has 0 atom stereocenters. The summed E-state index contributed by atoms with van der Waals surface area (Å²) in [5, 5.41) is -1.11. The molecule has 0 unspecified atom stereocenters. The van der Waals surface area contributed by atoms with Crippen LogP contribution in [-0.2, 0) is 0 Å². The number of pyridine rings is 1. The molecule has 0 saturated heterocycles. The van der Waals surface area contributed by atoms with Gasteiger partial charge in [0.15, 0.2) is 5.82 Å². The number of hydrogen-bond donors (Lipinski definition) is 0. The summed E-state index contributed by atoms with van der Waals surface area (Å²) in [5.41, 5.74) is -0.117. The fourth-order valence-electron chi connectivity index (χ4n) is 0.556. The second-order valence-electron chi connectivity index (χ2n) is 1.76. The molecule has 0 N–H and O–H groups in total. The van der Waals surface area contributed by atoms with E-state index in [0.717, 1.165) is 12.4 Å². The van der Waals surface area contributed by atoms with Crippen molar-refractivity contribution in [2.24, 2.45) is 0 Å². The summed E-state index contributed by atoms with van der Waals surface area (Å²) in [7, 11) is 0. The zero-order chi connectivity index (χ0) is 8.43. The van der Waals surface area contributed by atoms with E-state index in [9.17, 15) is 9.18 Å². The van der Waals surface area contributed by atoms with Crippen LogP contribution in [0, 0.1) is 5.82 Å². The van der Waals surface area contributed by atoms with E-state index < -0.39 is 11.1 Å². The van der Waals surface area contributed by atoms with Crippen molar-refractivity contribution in [1.29, 1.82) is 0 Å². The summed E-state index contributed by atoms with van der Waals surface area (Å²) in [6.45, 7) is 0. The summed E-state index contributed by atoms with van der Waals surface area (Å²) in [4.78, 5) is 13.9. The summed E-state index contributed by atoms with van der Waals surface area (Å²) in [6, 6.07) is 0. The molecular formula is C6H2Cl2FNO. The fraction of sp³-hybridized carbons (Fsp3) is 0. The lowest BCUT2D eigenvalue weighted by Crippen LogP contribution is -1.94. The van der Waals surface area contributed by atoms with Gasteiger partial charge in [0.25, 0.3) is 5.24 Å². The Bertz CT molecular complexity index is 303. The van der Waals surface area contributed by atoms with Gasteiger partial charge < -0.3 is 0 Å². The first-order valence-electron chi connectivity index (χ1n) is 2.61. The first kappa shape index (κ1) is 8.43. The average Bonchev–Trinajstić information content (AvgIpc) is 1.94. The van der Waals surface area contributed by atoms with Gasteiger partial charge in [-0.05, 0) is 11.6 Å². The molecule has 0 aliphatic carbocycles. The maximum absolute atomic E-state index is 12.5. The highest BCUT2D eigenvalue weighted by molar-refractivity contribution is 6.68. The Hall–Kier alpha value is -0.670. The monoisotopic (exact) mass is 193 g/mol. The molecule has 1 aromatic rings. The minimum atomic E-state index is -0.818. The predicted octanol–water partition coefficient (Wildman–Crippen LogP) is 2.25. The van der Waals surface area contributed by atoms with Crippen molar-refractivity contribution in [1.82, 2.24) is 4.98 Å². The van der Waals surface area contributed by atoms with Crippen LogP contribution in [0.25, 0.3) is 0 Å². The Kier molecular flexibility index (Phi) is 2.42. The van der Waals surface area contributed by atoms with Crippen LogP contribution in [0.4, 0.5) is 4.39 Å². The normalized spacial score (nSPS) is 9.73. The van der Waals surface area contributed by atoms with E-state index in [0.29, 0.717) is 0 Å². The molecule has 0 aliphatic heterocycles. The standard InChI is InChI=1S/C6H2Cl2FNO/c7-5-3(6(8)11)1-10-2-4(5)9/h1-2H. The first-order valence-corrected chi connectivity index (χ1v) is 3.37. The number of aromatic nitrogens is 1. The smallest absolute Gasteiger partial charge is 0.255 e. The van der Waals surface area contributed by atoms with Gasteiger partial charge in [-0.3, -0.25) is 9.78 Å². The van der Waals surface area contributed by atoms with Crippen LogP contribution in [0.5, 0.6) is 0 Å². The van der Waals surface area contributed by atoms with Gasteiger partial charge in [0, 0.05) is 6.20 Å². The van der Waals surface area contributed by atoms with Gasteiger partial charge in [-0.15, -0.1) is 0 Å². The Morgan fingerprint density at radius 3 is 2.64 bits per heavy atom.